The van der Waals surface area contributed by atoms with Crippen LogP contribution >= 0.6 is 11.6 Å². The van der Waals surface area contributed by atoms with Crippen molar-refractivity contribution >= 4 is 51.1 Å². The molecule has 6 heteroatoms. The van der Waals surface area contributed by atoms with Gasteiger partial charge in [0, 0.05) is 17.1 Å². The maximum atomic E-state index is 12.4. The van der Waals surface area contributed by atoms with Crippen LogP contribution < -0.4 is 10.1 Å². The molecule has 0 saturated carbocycles. The molecule has 0 aliphatic heterocycles. The largest absolute Gasteiger partial charge is 0.497 e. The lowest BCUT2D eigenvalue weighted by molar-refractivity contribution is -0.111. The van der Waals surface area contributed by atoms with Crippen molar-refractivity contribution in [3.8, 4) is 17.2 Å². The van der Waals surface area contributed by atoms with E-state index in [2.05, 4.69) is 5.32 Å². The number of halogens is 1. The molecule has 1 N–H and O–H groups in total. The monoisotopic (exact) mass is 454 g/mol. The molecule has 0 aliphatic rings. The smallest absolute Gasteiger partial charge is 0.248 e. The number of benzene rings is 4. The summed E-state index contributed by atoms with van der Waals surface area (Å²) < 4.78 is 11.1. The molecule has 0 radical (unpaired) electrons. The normalized spacial score (nSPS) is 11.3. The van der Waals surface area contributed by atoms with Crippen LogP contribution in [0, 0.1) is 0 Å². The second kappa shape index (κ2) is 8.81. The quantitative estimate of drug-likeness (QED) is 0.291. The molecule has 33 heavy (non-hydrogen) atoms. The number of carbonyl (C=O) groups excluding carboxylic acids is 1. The van der Waals surface area contributed by atoms with E-state index in [-0.39, 0.29) is 5.91 Å². The minimum absolute atomic E-state index is 0.261. The third-order valence-electron chi connectivity index (χ3n) is 5.29. The minimum atomic E-state index is -0.261. The van der Waals surface area contributed by atoms with E-state index < -0.39 is 0 Å². The second-order valence-corrected chi connectivity index (χ2v) is 7.85. The van der Waals surface area contributed by atoms with E-state index in [1.165, 1.54) is 6.08 Å². The lowest BCUT2D eigenvalue weighted by atomic mass is 10.1. The van der Waals surface area contributed by atoms with Gasteiger partial charge in [0.15, 0.2) is 5.58 Å². The SMILES string of the molecule is COc1ccc(/C=C/C(=O)Nc2ccc(Cl)c(-c3nc4c(ccc5ccccc54)o3)c2)cc1. The summed E-state index contributed by atoms with van der Waals surface area (Å²) in [4.78, 5) is 17.1. The Hall–Kier alpha value is -4.09. The molecule has 5 rings (SSSR count). The number of nitrogens with zero attached hydrogens (tertiary/aromatic N) is 1. The first-order valence-electron chi connectivity index (χ1n) is 10.3. The third kappa shape index (κ3) is 4.31. The number of carbonyl (C=O) groups is 1. The lowest BCUT2D eigenvalue weighted by Crippen LogP contribution is -2.07. The molecule has 0 atom stereocenters. The van der Waals surface area contributed by atoms with Crippen LogP contribution in [0.15, 0.2) is 89.4 Å². The van der Waals surface area contributed by atoms with E-state index in [0.717, 1.165) is 27.6 Å². The molecule has 0 saturated heterocycles. The summed E-state index contributed by atoms with van der Waals surface area (Å²) in [5, 5.41) is 5.43. The van der Waals surface area contributed by atoms with Crippen LogP contribution in [-0.4, -0.2) is 18.0 Å². The van der Waals surface area contributed by atoms with Gasteiger partial charge in [-0.3, -0.25) is 4.79 Å². The first kappa shape index (κ1) is 20.8. The van der Waals surface area contributed by atoms with Gasteiger partial charge in [-0.1, -0.05) is 54.1 Å². The van der Waals surface area contributed by atoms with Crippen LogP contribution in [0.2, 0.25) is 5.02 Å². The highest BCUT2D eigenvalue weighted by molar-refractivity contribution is 6.33. The molecule has 4 aromatic carbocycles. The predicted octanol–water partition coefficient (Wildman–Crippen LogP) is 6.96. The fourth-order valence-corrected chi connectivity index (χ4v) is 3.81. The highest BCUT2D eigenvalue weighted by Gasteiger charge is 2.15. The van der Waals surface area contributed by atoms with Crippen LogP contribution in [0.3, 0.4) is 0 Å². The Morgan fingerprint density at radius 1 is 1.03 bits per heavy atom. The molecule has 5 aromatic rings. The minimum Gasteiger partial charge on any atom is -0.497 e. The number of ether oxygens (including phenoxy) is 1. The van der Waals surface area contributed by atoms with Crippen molar-refractivity contribution in [3.05, 3.63) is 95.5 Å². The fraction of sp³-hybridized carbons (Fsp3) is 0.0370. The van der Waals surface area contributed by atoms with Gasteiger partial charge in [0.25, 0.3) is 0 Å². The first-order valence-corrected chi connectivity index (χ1v) is 10.7. The Labute approximate surface area is 195 Å². The highest BCUT2D eigenvalue weighted by atomic mass is 35.5. The molecule has 0 fully saturated rings. The van der Waals surface area contributed by atoms with Gasteiger partial charge in [-0.15, -0.1) is 0 Å². The summed E-state index contributed by atoms with van der Waals surface area (Å²) >= 11 is 6.44. The van der Waals surface area contributed by atoms with Gasteiger partial charge in [-0.2, -0.15) is 0 Å². The van der Waals surface area contributed by atoms with Crippen molar-refractivity contribution in [1.82, 2.24) is 4.98 Å². The molecule has 0 unspecified atom stereocenters. The Morgan fingerprint density at radius 3 is 2.67 bits per heavy atom. The van der Waals surface area contributed by atoms with Gasteiger partial charge in [0.05, 0.1) is 17.7 Å². The molecule has 162 valence electrons. The number of hydrogen-bond acceptors (Lipinski definition) is 4. The van der Waals surface area contributed by atoms with Gasteiger partial charge in [-0.25, -0.2) is 4.98 Å². The number of nitrogens with one attached hydrogen (secondary N) is 1. The van der Waals surface area contributed by atoms with Crippen molar-refractivity contribution in [2.45, 2.75) is 0 Å². The van der Waals surface area contributed by atoms with E-state index in [0.29, 0.717) is 27.7 Å². The Bertz CT molecular complexity index is 1500. The van der Waals surface area contributed by atoms with Crippen LogP contribution in [0.5, 0.6) is 5.75 Å². The summed E-state index contributed by atoms with van der Waals surface area (Å²) in [5.74, 6) is 0.899. The zero-order valence-corrected chi connectivity index (χ0v) is 18.5. The molecule has 0 bridgehead atoms. The summed E-state index contributed by atoms with van der Waals surface area (Å²) in [6, 6.07) is 24.5. The Balaban J connectivity index is 1.40. The van der Waals surface area contributed by atoms with Crippen molar-refractivity contribution in [2.24, 2.45) is 0 Å². The van der Waals surface area contributed by atoms with Gasteiger partial charge in [0.1, 0.15) is 11.3 Å². The maximum Gasteiger partial charge on any atom is 0.248 e. The van der Waals surface area contributed by atoms with Gasteiger partial charge in [-0.05, 0) is 53.4 Å². The number of methoxy groups -OCH3 is 1. The summed E-state index contributed by atoms with van der Waals surface area (Å²) in [6.07, 6.45) is 3.21. The zero-order chi connectivity index (χ0) is 22.8. The molecule has 5 nitrogen and oxygen atoms in total. The second-order valence-electron chi connectivity index (χ2n) is 7.44. The molecular formula is C27H19ClN2O3. The Kier molecular flexibility index (Phi) is 5.55. The van der Waals surface area contributed by atoms with E-state index >= 15 is 0 Å². The van der Waals surface area contributed by atoms with Crippen molar-refractivity contribution in [2.75, 3.05) is 12.4 Å². The summed E-state index contributed by atoms with van der Waals surface area (Å²) in [5.41, 5.74) is 3.54. The highest BCUT2D eigenvalue weighted by Crippen LogP contribution is 2.34. The molecule has 0 spiro atoms. The van der Waals surface area contributed by atoms with E-state index in [4.69, 9.17) is 25.7 Å². The van der Waals surface area contributed by atoms with Crippen molar-refractivity contribution in [1.29, 1.82) is 0 Å². The molecule has 1 heterocycles. The maximum absolute atomic E-state index is 12.4. The van der Waals surface area contributed by atoms with Crippen LogP contribution in [0.4, 0.5) is 5.69 Å². The average Bonchev–Trinajstić information content (AvgIpc) is 3.29. The van der Waals surface area contributed by atoms with E-state index in [1.54, 1.807) is 31.4 Å². The van der Waals surface area contributed by atoms with E-state index in [9.17, 15) is 4.79 Å². The van der Waals surface area contributed by atoms with Crippen LogP contribution in [0.25, 0.3) is 39.4 Å². The number of aromatic nitrogens is 1. The number of anilines is 1. The lowest BCUT2D eigenvalue weighted by Gasteiger charge is -2.06. The molecular weight excluding hydrogens is 436 g/mol. The summed E-state index contributed by atoms with van der Waals surface area (Å²) in [6.45, 7) is 0. The van der Waals surface area contributed by atoms with Gasteiger partial charge >= 0.3 is 0 Å². The number of hydrogen-bond donors (Lipinski definition) is 1. The van der Waals surface area contributed by atoms with Crippen LogP contribution in [-0.2, 0) is 4.79 Å². The topological polar surface area (TPSA) is 64.4 Å². The molecule has 0 aliphatic carbocycles. The van der Waals surface area contributed by atoms with Gasteiger partial charge < -0.3 is 14.5 Å². The number of rotatable bonds is 5. The number of amides is 1. The first-order chi connectivity index (χ1) is 16.1. The van der Waals surface area contributed by atoms with Crippen molar-refractivity contribution < 1.29 is 13.9 Å². The number of fused-ring (bicyclic) bond motifs is 3. The average molecular weight is 455 g/mol. The standard InChI is InChI=1S/C27H19ClN2O3/c1-32-20-11-6-17(7-12-20)8-15-25(31)29-19-10-13-23(28)22(16-19)27-30-26-21-5-3-2-4-18(21)9-14-24(26)33-27/h2-16H,1H3,(H,29,31)/b15-8+. The molecule has 1 aromatic heterocycles. The van der Waals surface area contributed by atoms with Gasteiger partial charge in [0.2, 0.25) is 11.8 Å². The Morgan fingerprint density at radius 2 is 1.85 bits per heavy atom. The number of oxazole rings is 1. The van der Waals surface area contributed by atoms with E-state index in [1.807, 2.05) is 60.7 Å². The molecule has 1 amide bonds. The van der Waals surface area contributed by atoms with Crippen molar-refractivity contribution in [3.63, 3.8) is 0 Å². The zero-order valence-electron chi connectivity index (χ0n) is 17.7. The summed E-state index contributed by atoms with van der Waals surface area (Å²) in [7, 11) is 1.61. The van der Waals surface area contributed by atoms with Crippen LogP contribution in [0.1, 0.15) is 5.56 Å². The third-order valence-corrected chi connectivity index (χ3v) is 5.62. The predicted molar refractivity (Wildman–Crippen MR) is 133 cm³/mol. The fourth-order valence-electron chi connectivity index (χ4n) is 3.61.